The number of methoxy groups -OCH3 is 1. The van der Waals surface area contributed by atoms with E-state index >= 15 is 0 Å². The monoisotopic (exact) mass is 413 g/mol. The van der Waals surface area contributed by atoms with Crippen LogP contribution in [0.3, 0.4) is 0 Å². The molecule has 0 saturated carbocycles. The van der Waals surface area contributed by atoms with Gasteiger partial charge in [-0.2, -0.15) is 5.10 Å². The van der Waals surface area contributed by atoms with E-state index in [4.69, 9.17) is 4.74 Å². The summed E-state index contributed by atoms with van der Waals surface area (Å²) in [5, 5.41) is 17.6. The van der Waals surface area contributed by atoms with E-state index in [9.17, 15) is 19.7 Å². The Labute approximate surface area is 173 Å². The number of rotatable bonds is 8. The van der Waals surface area contributed by atoms with Crippen LogP contribution in [-0.2, 0) is 9.59 Å². The number of nitrogens with zero attached hydrogens (tertiary/aromatic N) is 3. The molecule has 2 aromatic carbocycles. The molecule has 30 heavy (non-hydrogen) atoms. The van der Waals surface area contributed by atoms with Crippen molar-refractivity contribution in [3.05, 3.63) is 58.1 Å². The van der Waals surface area contributed by atoms with Crippen LogP contribution in [-0.4, -0.2) is 44.2 Å². The zero-order valence-electron chi connectivity index (χ0n) is 17.1. The lowest BCUT2D eigenvalue weighted by Gasteiger charge is -2.12. The average Bonchev–Trinajstić information content (AvgIpc) is 2.73. The molecule has 0 aliphatic rings. The van der Waals surface area contributed by atoms with E-state index in [2.05, 4.69) is 15.8 Å². The summed E-state index contributed by atoms with van der Waals surface area (Å²) in [6.07, 6.45) is 1.28. The molecule has 0 saturated heterocycles. The number of nitro benzene ring substituents is 1. The zero-order valence-corrected chi connectivity index (χ0v) is 17.1. The van der Waals surface area contributed by atoms with E-state index in [1.807, 2.05) is 0 Å². The molecular formula is C20H23N5O5. The maximum absolute atomic E-state index is 12.2. The van der Waals surface area contributed by atoms with Gasteiger partial charge in [0, 0.05) is 31.4 Å². The Morgan fingerprint density at radius 2 is 1.83 bits per heavy atom. The Kier molecular flexibility index (Phi) is 7.45. The molecule has 0 fully saturated rings. The van der Waals surface area contributed by atoms with Crippen LogP contribution in [0.15, 0.2) is 47.6 Å². The third kappa shape index (κ3) is 5.77. The predicted octanol–water partition coefficient (Wildman–Crippen LogP) is 2.39. The maximum atomic E-state index is 12.2. The van der Waals surface area contributed by atoms with Crippen molar-refractivity contribution >= 4 is 35.1 Å². The van der Waals surface area contributed by atoms with Gasteiger partial charge in [-0.25, -0.2) is 5.43 Å². The fraction of sp³-hybridized carbons (Fsp3) is 0.250. The zero-order chi connectivity index (χ0) is 22.3. The molecule has 0 heterocycles. The molecule has 0 bridgehead atoms. The molecule has 1 atom stereocenters. The van der Waals surface area contributed by atoms with Gasteiger partial charge in [-0.15, -0.1) is 0 Å². The van der Waals surface area contributed by atoms with E-state index in [0.717, 1.165) is 0 Å². The number of ether oxygens (including phenoxy) is 1. The van der Waals surface area contributed by atoms with Crippen molar-refractivity contribution in [3.63, 3.8) is 0 Å². The minimum Gasteiger partial charge on any atom is -0.497 e. The van der Waals surface area contributed by atoms with Crippen molar-refractivity contribution < 1.29 is 19.2 Å². The predicted molar refractivity (Wildman–Crippen MR) is 114 cm³/mol. The summed E-state index contributed by atoms with van der Waals surface area (Å²) in [7, 11) is 4.94. The number of carbonyl (C=O) groups excluding carboxylic acids is 2. The van der Waals surface area contributed by atoms with Crippen LogP contribution in [0, 0.1) is 16.0 Å². The van der Waals surface area contributed by atoms with Gasteiger partial charge in [-0.05, 0) is 37.3 Å². The van der Waals surface area contributed by atoms with Crippen LogP contribution < -0.4 is 20.4 Å². The van der Waals surface area contributed by atoms with Gasteiger partial charge in [0.15, 0.2) is 0 Å². The SMILES string of the molecule is COc1ccc(NC(=O)C(C)C(=O)NN=Cc2ccc(N(C)C)c([N+](=O)[O-])c2)cc1. The lowest BCUT2D eigenvalue weighted by Crippen LogP contribution is -2.34. The molecule has 0 aromatic heterocycles. The van der Waals surface area contributed by atoms with Gasteiger partial charge < -0.3 is 15.0 Å². The molecule has 2 rings (SSSR count). The number of anilines is 2. The highest BCUT2D eigenvalue weighted by molar-refractivity contribution is 6.06. The quantitative estimate of drug-likeness (QED) is 0.296. The molecular weight excluding hydrogens is 390 g/mol. The summed E-state index contributed by atoms with van der Waals surface area (Å²) < 4.78 is 5.05. The van der Waals surface area contributed by atoms with Crippen LogP contribution in [0.25, 0.3) is 0 Å². The number of nitrogens with one attached hydrogen (secondary N) is 2. The Balaban J connectivity index is 1.98. The normalized spacial score (nSPS) is 11.6. The largest absolute Gasteiger partial charge is 0.497 e. The molecule has 1 unspecified atom stereocenters. The highest BCUT2D eigenvalue weighted by atomic mass is 16.6. The van der Waals surface area contributed by atoms with Gasteiger partial charge in [0.05, 0.1) is 18.2 Å². The number of hydrazone groups is 1. The lowest BCUT2D eigenvalue weighted by atomic mass is 10.1. The van der Waals surface area contributed by atoms with Gasteiger partial charge in [0.1, 0.15) is 17.4 Å². The van der Waals surface area contributed by atoms with E-state index in [1.165, 1.54) is 26.3 Å². The second-order valence-electron chi connectivity index (χ2n) is 6.57. The maximum Gasteiger partial charge on any atom is 0.293 e. The number of hydrogen-bond donors (Lipinski definition) is 2. The third-order valence-electron chi connectivity index (χ3n) is 4.21. The number of amides is 2. The summed E-state index contributed by atoms with van der Waals surface area (Å²) in [6.45, 7) is 1.44. The van der Waals surface area contributed by atoms with Crippen molar-refractivity contribution in [2.75, 3.05) is 31.4 Å². The smallest absolute Gasteiger partial charge is 0.293 e. The van der Waals surface area contributed by atoms with Crippen LogP contribution >= 0.6 is 0 Å². The van der Waals surface area contributed by atoms with Gasteiger partial charge >= 0.3 is 0 Å². The summed E-state index contributed by atoms with van der Waals surface area (Å²) >= 11 is 0. The van der Waals surface area contributed by atoms with Crippen LogP contribution in [0.5, 0.6) is 5.75 Å². The molecule has 2 aromatic rings. The molecule has 158 valence electrons. The van der Waals surface area contributed by atoms with Crippen molar-refractivity contribution in [1.82, 2.24) is 5.43 Å². The Morgan fingerprint density at radius 3 is 2.40 bits per heavy atom. The first-order valence-corrected chi connectivity index (χ1v) is 8.96. The molecule has 2 amide bonds. The molecule has 10 nitrogen and oxygen atoms in total. The molecule has 0 spiro atoms. The Morgan fingerprint density at radius 1 is 1.17 bits per heavy atom. The summed E-state index contributed by atoms with van der Waals surface area (Å²) in [6, 6.07) is 11.3. The second-order valence-corrected chi connectivity index (χ2v) is 6.57. The van der Waals surface area contributed by atoms with Crippen LogP contribution in [0.2, 0.25) is 0 Å². The molecule has 0 aliphatic carbocycles. The van der Waals surface area contributed by atoms with Gasteiger partial charge in [0.25, 0.3) is 11.6 Å². The minimum atomic E-state index is -1.00. The number of nitro groups is 1. The summed E-state index contributed by atoms with van der Waals surface area (Å²) in [4.78, 5) is 36.8. The Hall–Kier alpha value is -3.95. The lowest BCUT2D eigenvalue weighted by molar-refractivity contribution is -0.384. The topological polar surface area (TPSA) is 126 Å². The standard InChI is InChI=1S/C20H23N5O5/c1-13(19(26)22-15-6-8-16(30-4)9-7-15)20(27)23-21-12-14-5-10-17(24(2)3)18(11-14)25(28)29/h5-13H,1-4H3,(H,22,26)(H,23,27). The fourth-order valence-corrected chi connectivity index (χ4v) is 2.46. The summed E-state index contributed by atoms with van der Waals surface area (Å²) in [5.74, 6) is -1.47. The average molecular weight is 413 g/mol. The first-order chi connectivity index (χ1) is 14.2. The first-order valence-electron chi connectivity index (χ1n) is 8.96. The third-order valence-corrected chi connectivity index (χ3v) is 4.21. The molecule has 0 aliphatic heterocycles. The van der Waals surface area contributed by atoms with Gasteiger partial charge in [-0.1, -0.05) is 6.07 Å². The van der Waals surface area contributed by atoms with Gasteiger partial charge in [0.2, 0.25) is 5.91 Å². The highest BCUT2D eigenvalue weighted by Gasteiger charge is 2.21. The van der Waals surface area contributed by atoms with Crippen LogP contribution in [0.4, 0.5) is 17.1 Å². The number of carbonyl (C=O) groups is 2. The van der Waals surface area contributed by atoms with E-state index < -0.39 is 22.7 Å². The number of benzene rings is 2. The second kappa shape index (κ2) is 10.0. The molecule has 0 radical (unpaired) electrons. The van der Waals surface area contributed by atoms with E-state index in [-0.39, 0.29) is 5.69 Å². The van der Waals surface area contributed by atoms with Crippen molar-refractivity contribution in [1.29, 1.82) is 0 Å². The van der Waals surface area contributed by atoms with E-state index in [0.29, 0.717) is 22.7 Å². The van der Waals surface area contributed by atoms with Gasteiger partial charge in [-0.3, -0.25) is 19.7 Å². The highest BCUT2D eigenvalue weighted by Crippen LogP contribution is 2.27. The van der Waals surface area contributed by atoms with E-state index in [1.54, 1.807) is 55.4 Å². The summed E-state index contributed by atoms with van der Waals surface area (Å²) in [5.41, 5.74) is 3.60. The fourth-order valence-electron chi connectivity index (χ4n) is 2.46. The Bertz CT molecular complexity index is 957. The van der Waals surface area contributed by atoms with Crippen molar-refractivity contribution in [3.8, 4) is 5.75 Å². The van der Waals surface area contributed by atoms with Crippen LogP contribution in [0.1, 0.15) is 12.5 Å². The van der Waals surface area contributed by atoms with Crippen molar-refractivity contribution in [2.24, 2.45) is 11.0 Å². The van der Waals surface area contributed by atoms with Crippen molar-refractivity contribution in [2.45, 2.75) is 6.92 Å². The minimum absolute atomic E-state index is 0.0810. The number of hydrogen-bond acceptors (Lipinski definition) is 7. The first kappa shape index (κ1) is 22.3. The molecule has 10 heteroatoms. The molecule has 2 N–H and O–H groups in total.